The van der Waals surface area contributed by atoms with Crippen molar-refractivity contribution in [3.63, 3.8) is 0 Å². The third-order valence-electron chi connectivity index (χ3n) is 5.03. The first-order valence-electron chi connectivity index (χ1n) is 9.79. The van der Waals surface area contributed by atoms with Gasteiger partial charge in [-0.25, -0.2) is 4.39 Å². The lowest BCUT2D eigenvalue weighted by Crippen LogP contribution is -2.46. The summed E-state index contributed by atoms with van der Waals surface area (Å²) in [5, 5.41) is 8.87. The maximum atomic E-state index is 13.2. The minimum Gasteiger partial charge on any atom is -0.379 e. The second-order valence-corrected chi connectivity index (χ2v) is 7.77. The van der Waals surface area contributed by atoms with Gasteiger partial charge in [-0.2, -0.15) is 0 Å². The summed E-state index contributed by atoms with van der Waals surface area (Å²) in [6.45, 7) is 4.65. The highest BCUT2D eigenvalue weighted by atomic mass is 127. The molecule has 1 aromatic carbocycles. The first kappa shape index (κ1) is 25.0. The molecule has 30 heavy (non-hydrogen) atoms. The van der Waals surface area contributed by atoms with Crippen LogP contribution in [-0.4, -0.2) is 64.4 Å². The summed E-state index contributed by atoms with van der Waals surface area (Å²) in [7, 11) is 3.40. The summed E-state index contributed by atoms with van der Waals surface area (Å²) in [5.41, 5.74) is 0.918. The Kier molecular flexibility index (Phi) is 11.0. The SMILES string of the molecule is CN=C(NCC(OC)c1ccc(F)cc1)NCC(c1cccs1)N1CCOCC1.I. The number of benzene rings is 1. The van der Waals surface area contributed by atoms with Crippen LogP contribution in [0.2, 0.25) is 0 Å². The molecule has 2 aromatic rings. The molecule has 3 rings (SSSR count). The average Bonchev–Trinajstić information content (AvgIpc) is 3.29. The summed E-state index contributed by atoms with van der Waals surface area (Å²) in [4.78, 5) is 8.12. The minimum atomic E-state index is -0.253. The molecule has 2 atom stereocenters. The van der Waals surface area contributed by atoms with Crippen LogP contribution in [0.4, 0.5) is 4.39 Å². The number of methoxy groups -OCH3 is 1. The second-order valence-electron chi connectivity index (χ2n) is 6.79. The van der Waals surface area contributed by atoms with Gasteiger partial charge in [0.05, 0.1) is 25.4 Å². The quantitative estimate of drug-likeness (QED) is 0.301. The standard InChI is InChI=1S/C21H29FN4O2S.HI/c1-23-21(25-15-19(27-2)16-5-7-17(22)8-6-16)24-14-18(20-4-3-13-29-20)26-9-11-28-12-10-26;/h3-8,13,18-19H,9-12,14-15H2,1-2H3,(H2,23,24,25);1H. The summed E-state index contributed by atoms with van der Waals surface area (Å²) in [5.74, 6) is 0.459. The number of nitrogens with zero attached hydrogens (tertiary/aromatic N) is 2. The first-order chi connectivity index (χ1) is 14.2. The van der Waals surface area contributed by atoms with Gasteiger partial charge >= 0.3 is 0 Å². The van der Waals surface area contributed by atoms with Gasteiger partial charge in [-0.3, -0.25) is 9.89 Å². The highest BCUT2D eigenvalue weighted by Gasteiger charge is 2.23. The molecule has 0 amide bonds. The Hall–Kier alpha value is -1.27. The zero-order valence-corrected chi connectivity index (χ0v) is 20.5. The Morgan fingerprint density at radius 2 is 1.90 bits per heavy atom. The Morgan fingerprint density at radius 3 is 2.50 bits per heavy atom. The van der Waals surface area contributed by atoms with E-state index in [0.717, 1.165) is 38.4 Å². The third kappa shape index (κ3) is 7.16. The number of halogens is 2. The average molecular weight is 548 g/mol. The fraction of sp³-hybridized carbons (Fsp3) is 0.476. The summed E-state index contributed by atoms with van der Waals surface area (Å²) in [6, 6.07) is 10.9. The van der Waals surface area contributed by atoms with E-state index in [0.29, 0.717) is 12.5 Å². The van der Waals surface area contributed by atoms with Gasteiger partial charge in [0, 0.05) is 45.2 Å². The Bertz CT molecular complexity index is 755. The number of hydrogen-bond donors (Lipinski definition) is 2. The van der Waals surface area contributed by atoms with Crippen molar-refractivity contribution in [1.29, 1.82) is 0 Å². The van der Waals surface area contributed by atoms with Gasteiger partial charge in [-0.15, -0.1) is 35.3 Å². The van der Waals surface area contributed by atoms with E-state index in [2.05, 4.69) is 38.0 Å². The van der Waals surface area contributed by atoms with Gasteiger partial charge in [-0.1, -0.05) is 18.2 Å². The second kappa shape index (κ2) is 13.2. The topological polar surface area (TPSA) is 58.1 Å². The van der Waals surface area contributed by atoms with Crippen molar-refractivity contribution in [2.24, 2.45) is 4.99 Å². The van der Waals surface area contributed by atoms with E-state index in [4.69, 9.17) is 9.47 Å². The zero-order valence-electron chi connectivity index (χ0n) is 17.3. The molecule has 0 saturated carbocycles. The maximum Gasteiger partial charge on any atom is 0.191 e. The lowest BCUT2D eigenvalue weighted by atomic mass is 10.1. The number of thiophene rings is 1. The van der Waals surface area contributed by atoms with Gasteiger partial charge in [-0.05, 0) is 29.1 Å². The molecular weight excluding hydrogens is 518 g/mol. The maximum absolute atomic E-state index is 13.2. The van der Waals surface area contributed by atoms with E-state index in [9.17, 15) is 4.39 Å². The molecule has 0 bridgehead atoms. The number of nitrogens with one attached hydrogen (secondary N) is 2. The van der Waals surface area contributed by atoms with Crippen molar-refractivity contribution in [3.8, 4) is 0 Å². The molecule has 9 heteroatoms. The zero-order chi connectivity index (χ0) is 20.5. The fourth-order valence-electron chi connectivity index (χ4n) is 3.40. The van der Waals surface area contributed by atoms with E-state index in [1.807, 2.05) is 0 Å². The number of ether oxygens (including phenoxy) is 2. The van der Waals surface area contributed by atoms with E-state index >= 15 is 0 Å². The van der Waals surface area contributed by atoms with Crippen LogP contribution in [0.3, 0.4) is 0 Å². The number of aliphatic imine (C=N–C) groups is 1. The molecule has 6 nitrogen and oxygen atoms in total. The first-order valence-corrected chi connectivity index (χ1v) is 10.7. The van der Waals surface area contributed by atoms with Crippen LogP contribution >= 0.6 is 35.3 Å². The van der Waals surface area contributed by atoms with E-state index in [1.54, 1.807) is 37.6 Å². The van der Waals surface area contributed by atoms with Crippen molar-refractivity contribution >= 4 is 41.3 Å². The number of hydrogen-bond acceptors (Lipinski definition) is 5. The molecule has 1 saturated heterocycles. The Labute approximate surface area is 198 Å². The van der Waals surface area contributed by atoms with Crippen molar-refractivity contribution in [2.45, 2.75) is 12.1 Å². The molecule has 1 aliphatic heterocycles. The van der Waals surface area contributed by atoms with E-state index in [1.165, 1.54) is 17.0 Å². The molecule has 166 valence electrons. The predicted molar refractivity (Wildman–Crippen MR) is 130 cm³/mol. The van der Waals surface area contributed by atoms with E-state index in [-0.39, 0.29) is 41.9 Å². The van der Waals surface area contributed by atoms with Crippen LogP contribution in [0.5, 0.6) is 0 Å². The summed E-state index contributed by atoms with van der Waals surface area (Å²) < 4.78 is 24.2. The Balaban J connectivity index is 0.00000320. The smallest absolute Gasteiger partial charge is 0.191 e. The van der Waals surface area contributed by atoms with Crippen LogP contribution < -0.4 is 10.6 Å². The molecule has 0 aliphatic carbocycles. The lowest BCUT2D eigenvalue weighted by molar-refractivity contribution is 0.0177. The van der Waals surface area contributed by atoms with Crippen molar-refractivity contribution in [3.05, 3.63) is 58.0 Å². The van der Waals surface area contributed by atoms with Crippen molar-refractivity contribution < 1.29 is 13.9 Å². The minimum absolute atomic E-state index is 0. The van der Waals surface area contributed by atoms with Gasteiger partial charge in [0.15, 0.2) is 5.96 Å². The van der Waals surface area contributed by atoms with Gasteiger partial charge in [0.2, 0.25) is 0 Å². The highest BCUT2D eigenvalue weighted by molar-refractivity contribution is 14.0. The largest absolute Gasteiger partial charge is 0.379 e. The molecule has 2 unspecified atom stereocenters. The van der Waals surface area contributed by atoms with Crippen LogP contribution in [0.1, 0.15) is 22.6 Å². The molecule has 1 fully saturated rings. The summed E-state index contributed by atoms with van der Waals surface area (Å²) >= 11 is 1.77. The monoisotopic (exact) mass is 548 g/mol. The highest BCUT2D eigenvalue weighted by Crippen LogP contribution is 2.25. The van der Waals surface area contributed by atoms with Gasteiger partial charge in [0.25, 0.3) is 0 Å². The van der Waals surface area contributed by atoms with Gasteiger partial charge < -0.3 is 20.1 Å². The van der Waals surface area contributed by atoms with E-state index < -0.39 is 0 Å². The molecule has 2 heterocycles. The van der Waals surface area contributed by atoms with Crippen LogP contribution in [0, 0.1) is 5.82 Å². The molecule has 0 spiro atoms. The fourth-order valence-corrected chi connectivity index (χ4v) is 4.26. The third-order valence-corrected chi connectivity index (χ3v) is 6.00. The van der Waals surface area contributed by atoms with Crippen LogP contribution in [0.25, 0.3) is 0 Å². The van der Waals surface area contributed by atoms with Crippen LogP contribution in [0.15, 0.2) is 46.8 Å². The Morgan fingerprint density at radius 1 is 1.20 bits per heavy atom. The normalized spacial score (nSPS) is 17.1. The van der Waals surface area contributed by atoms with Crippen LogP contribution in [-0.2, 0) is 9.47 Å². The predicted octanol–water partition coefficient (Wildman–Crippen LogP) is 3.43. The van der Waals surface area contributed by atoms with Crippen molar-refractivity contribution in [1.82, 2.24) is 15.5 Å². The molecule has 2 N–H and O–H groups in total. The summed E-state index contributed by atoms with van der Waals surface area (Å²) in [6.07, 6.45) is -0.193. The molecule has 1 aromatic heterocycles. The number of morpholine rings is 1. The van der Waals surface area contributed by atoms with Crippen molar-refractivity contribution in [2.75, 3.05) is 53.6 Å². The molecule has 1 aliphatic rings. The number of guanidine groups is 1. The lowest BCUT2D eigenvalue weighted by Gasteiger charge is -2.34. The molecular formula is C21H30FIN4O2S. The number of rotatable bonds is 8. The van der Waals surface area contributed by atoms with Gasteiger partial charge in [0.1, 0.15) is 5.82 Å². The molecule has 0 radical (unpaired) electrons.